The Kier molecular flexibility index (Phi) is 8.12. The van der Waals surface area contributed by atoms with E-state index < -0.39 is 6.04 Å². The minimum atomic E-state index is -0.477. The van der Waals surface area contributed by atoms with Crippen LogP contribution < -0.4 is 10.9 Å². The Labute approximate surface area is 196 Å². The molecule has 1 N–H and O–H groups in total. The minimum Gasteiger partial charge on any atom is -0.385 e. The molecule has 0 spiro atoms. The van der Waals surface area contributed by atoms with E-state index in [0.29, 0.717) is 58.6 Å². The SMILES string of the molecule is CCn1c(C(C)N(CCCOC)C(=O)Nc2ccc(Cl)cc2Cl)nc2ccccc2c1=O. The number of aromatic nitrogens is 2. The molecule has 1 aromatic heterocycles. The van der Waals surface area contributed by atoms with Gasteiger partial charge in [0.05, 0.1) is 27.7 Å². The van der Waals surface area contributed by atoms with Crippen molar-refractivity contribution >= 4 is 45.8 Å². The van der Waals surface area contributed by atoms with E-state index in [1.165, 1.54) is 0 Å². The highest BCUT2D eigenvalue weighted by Gasteiger charge is 2.26. The molecule has 3 rings (SSSR count). The Morgan fingerprint density at radius 2 is 2.00 bits per heavy atom. The number of urea groups is 1. The van der Waals surface area contributed by atoms with Crippen LogP contribution in [-0.4, -0.2) is 40.7 Å². The fourth-order valence-corrected chi connectivity index (χ4v) is 4.03. The largest absolute Gasteiger partial charge is 0.385 e. The van der Waals surface area contributed by atoms with Crippen LogP contribution in [0, 0.1) is 0 Å². The zero-order chi connectivity index (χ0) is 23.3. The summed E-state index contributed by atoms with van der Waals surface area (Å²) in [6.45, 7) is 5.07. The van der Waals surface area contributed by atoms with Crippen LogP contribution in [0.3, 0.4) is 0 Å². The standard InChI is InChI=1S/C23H26Cl2N4O3/c1-4-28-21(26-19-9-6-5-8-17(19)22(28)30)15(2)29(12-7-13-32-3)23(31)27-20-11-10-16(24)14-18(20)25/h5-6,8-11,14-15H,4,7,12-13H2,1-3H3,(H,27,31). The van der Waals surface area contributed by atoms with Crippen LogP contribution in [0.5, 0.6) is 0 Å². The number of benzene rings is 2. The third kappa shape index (κ3) is 5.23. The first-order valence-electron chi connectivity index (χ1n) is 10.4. The number of halogens is 2. The molecule has 170 valence electrons. The molecule has 0 saturated carbocycles. The Morgan fingerprint density at radius 1 is 1.25 bits per heavy atom. The molecule has 7 nitrogen and oxygen atoms in total. The lowest BCUT2D eigenvalue weighted by molar-refractivity contribution is 0.158. The molecule has 0 saturated heterocycles. The first kappa shape index (κ1) is 24.0. The summed E-state index contributed by atoms with van der Waals surface area (Å²) in [5.41, 5.74) is 0.921. The van der Waals surface area contributed by atoms with Crippen molar-refractivity contribution in [1.82, 2.24) is 14.5 Å². The molecular weight excluding hydrogens is 451 g/mol. The maximum Gasteiger partial charge on any atom is 0.322 e. The number of nitrogens with zero attached hydrogens (tertiary/aromatic N) is 3. The van der Waals surface area contributed by atoms with Crippen LogP contribution in [0.1, 0.15) is 32.1 Å². The van der Waals surface area contributed by atoms with Crippen molar-refractivity contribution in [2.24, 2.45) is 0 Å². The van der Waals surface area contributed by atoms with Gasteiger partial charge in [-0.2, -0.15) is 0 Å². The van der Waals surface area contributed by atoms with Crippen LogP contribution >= 0.6 is 23.2 Å². The van der Waals surface area contributed by atoms with E-state index in [1.54, 1.807) is 46.9 Å². The number of para-hydroxylation sites is 1. The number of nitrogens with one attached hydrogen (secondary N) is 1. The predicted molar refractivity (Wildman–Crippen MR) is 129 cm³/mol. The smallest absolute Gasteiger partial charge is 0.322 e. The van der Waals surface area contributed by atoms with E-state index in [0.717, 1.165) is 0 Å². The van der Waals surface area contributed by atoms with E-state index >= 15 is 0 Å². The van der Waals surface area contributed by atoms with Crippen LogP contribution in [0.4, 0.5) is 10.5 Å². The summed E-state index contributed by atoms with van der Waals surface area (Å²) in [5, 5.41) is 4.21. The molecule has 0 aliphatic carbocycles. The number of carbonyl (C=O) groups excluding carboxylic acids is 1. The summed E-state index contributed by atoms with van der Waals surface area (Å²) in [5.74, 6) is 0.519. The number of ether oxygens (including phenoxy) is 1. The topological polar surface area (TPSA) is 76.5 Å². The van der Waals surface area contributed by atoms with Crippen LogP contribution in [0.25, 0.3) is 10.9 Å². The van der Waals surface area contributed by atoms with Gasteiger partial charge in [0, 0.05) is 31.8 Å². The number of hydrogen-bond acceptors (Lipinski definition) is 4. The van der Waals surface area contributed by atoms with Crippen molar-refractivity contribution in [2.45, 2.75) is 32.9 Å². The van der Waals surface area contributed by atoms with Crippen LogP contribution in [-0.2, 0) is 11.3 Å². The molecule has 1 heterocycles. The molecule has 9 heteroatoms. The number of fused-ring (bicyclic) bond motifs is 1. The van der Waals surface area contributed by atoms with Gasteiger partial charge < -0.3 is 15.0 Å². The van der Waals surface area contributed by atoms with Crippen LogP contribution in [0.2, 0.25) is 10.0 Å². The summed E-state index contributed by atoms with van der Waals surface area (Å²) in [6.07, 6.45) is 0.618. The van der Waals surface area contributed by atoms with Crippen molar-refractivity contribution in [3.8, 4) is 0 Å². The van der Waals surface area contributed by atoms with Gasteiger partial charge >= 0.3 is 6.03 Å². The molecule has 0 bridgehead atoms. The van der Waals surface area contributed by atoms with E-state index in [4.69, 9.17) is 32.9 Å². The van der Waals surface area contributed by atoms with Gasteiger partial charge in [0.15, 0.2) is 0 Å². The number of rotatable bonds is 8. The third-order valence-corrected chi connectivity index (χ3v) is 5.78. The number of hydrogen-bond donors (Lipinski definition) is 1. The molecule has 0 fully saturated rings. The first-order valence-corrected chi connectivity index (χ1v) is 11.1. The van der Waals surface area contributed by atoms with E-state index in [1.807, 2.05) is 26.0 Å². The Hall–Kier alpha value is -2.61. The number of amides is 2. The van der Waals surface area contributed by atoms with Crippen molar-refractivity contribution < 1.29 is 9.53 Å². The lowest BCUT2D eigenvalue weighted by atomic mass is 10.2. The fourth-order valence-electron chi connectivity index (χ4n) is 3.58. The van der Waals surface area contributed by atoms with Gasteiger partial charge in [-0.1, -0.05) is 35.3 Å². The molecule has 1 unspecified atom stereocenters. The molecule has 2 aromatic carbocycles. The highest BCUT2D eigenvalue weighted by Crippen LogP contribution is 2.27. The van der Waals surface area contributed by atoms with Gasteiger partial charge in [0.25, 0.3) is 5.56 Å². The van der Waals surface area contributed by atoms with Gasteiger partial charge in [-0.25, -0.2) is 9.78 Å². The maximum absolute atomic E-state index is 13.3. The second-order valence-corrected chi connectivity index (χ2v) is 8.15. The zero-order valence-electron chi connectivity index (χ0n) is 18.3. The van der Waals surface area contributed by atoms with Crippen LogP contribution in [0.15, 0.2) is 47.3 Å². The fraction of sp³-hybridized carbons (Fsp3) is 0.348. The zero-order valence-corrected chi connectivity index (χ0v) is 19.8. The molecule has 2 amide bonds. The number of anilines is 1. The monoisotopic (exact) mass is 476 g/mol. The molecule has 3 aromatic rings. The second kappa shape index (κ2) is 10.8. The summed E-state index contributed by atoms with van der Waals surface area (Å²) in [4.78, 5) is 32.7. The van der Waals surface area contributed by atoms with E-state index in [-0.39, 0.29) is 11.6 Å². The van der Waals surface area contributed by atoms with Crippen molar-refractivity contribution in [1.29, 1.82) is 0 Å². The third-order valence-electron chi connectivity index (χ3n) is 5.23. The van der Waals surface area contributed by atoms with Crippen molar-refractivity contribution in [3.63, 3.8) is 0 Å². The van der Waals surface area contributed by atoms with Crippen molar-refractivity contribution in [2.75, 3.05) is 25.6 Å². The first-order chi connectivity index (χ1) is 15.4. The lowest BCUT2D eigenvalue weighted by Gasteiger charge is -2.30. The minimum absolute atomic E-state index is 0.127. The maximum atomic E-state index is 13.3. The molecule has 32 heavy (non-hydrogen) atoms. The normalized spacial score (nSPS) is 12.0. The predicted octanol–water partition coefficient (Wildman–Crippen LogP) is 5.35. The molecule has 1 atom stereocenters. The molecular formula is C23H26Cl2N4O3. The molecule has 0 aliphatic heterocycles. The van der Waals surface area contributed by atoms with Gasteiger partial charge in [-0.05, 0) is 50.6 Å². The molecule has 0 aliphatic rings. The Balaban J connectivity index is 1.99. The highest BCUT2D eigenvalue weighted by atomic mass is 35.5. The summed E-state index contributed by atoms with van der Waals surface area (Å²) < 4.78 is 6.77. The quantitative estimate of drug-likeness (QED) is 0.444. The average Bonchev–Trinajstić information content (AvgIpc) is 2.78. The number of methoxy groups -OCH3 is 1. The molecule has 0 radical (unpaired) electrons. The Bertz CT molecular complexity index is 1170. The Morgan fingerprint density at radius 3 is 2.69 bits per heavy atom. The van der Waals surface area contributed by atoms with Gasteiger partial charge in [0.2, 0.25) is 0 Å². The van der Waals surface area contributed by atoms with Crippen molar-refractivity contribution in [3.05, 3.63) is 68.7 Å². The number of carbonyl (C=O) groups is 1. The summed E-state index contributed by atoms with van der Waals surface area (Å²) in [6, 6.07) is 11.3. The van der Waals surface area contributed by atoms with Gasteiger partial charge in [0.1, 0.15) is 5.82 Å². The average molecular weight is 477 g/mol. The highest BCUT2D eigenvalue weighted by molar-refractivity contribution is 6.36. The van der Waals surface area contributed by atoms with Gasteiger partial charge in [-0.3, -0.25) is 9.36 Å². The van der Waals surface area contributed by atoms with Gasteiger partial charge in [-0.15, -0.1) is 0 Å². The van der Waals surface area contributed by atoms with E-state index in [2.05, 4.69) is 5.32 Å². The summed E-state index contributed by atoms with van der Waals surface area (Å²) >= 11 is 12.2. The lowest BCUT2D eigenvalue weighted by Crippen LogP contribution is -2.41. The second-order valence-electron chi connectivity index (χ2n) is 7.31. The summed E-state index contributed by atoms with van der Waals surface area (Å²) in [7, 11) is 1.61. The van der Waals surface area contributed by atoms with E-state index in [9.17, 15) is 9.59 Å².